The van der Waals surface area contributed by atoms with Gasteiger partial charge in [0.15, 0.2) is 11.5 Å². The maximum Gasteiger partial charge on any atom is 0.160 e. The molecule has 0 bridgehead atoms. The van der Waals surface area contributed by atoms with Crippen LogP contribution in [-0.2, 0) is 17.7 Å². The Morgan fingerprint density at radius 3 is 2.48 bits per heavy atom. The summed E-state index contributed by atoms with van der Waals surface area (Å²) in [6.07, 6.45) is 0.919. The normalized spacial score (nSPS) is 17.2. The number of hydrogen-bond donors (Lipinski definition) is 1. The average Bonchev–Trinajstić information content (AvgIpc) is 2.64. The van der Waals surface area contributed by atoms with E-state index < -0.39 is 0 Å². The Labute approximate surface area is 148 Å². The Morgan fingerprint density at radius 2 is 1.84 bits per heavy atom. The molecule has 0 aliphatic carbocycles. The second-order valence-electron chi connectivity index (χ2n) is 6.26. The van der Waals surface area contributed by atoms with Gasteiger partial charge < -0.3 is 19.3 Å². The van der Waals surface area contributed by atoms with Crippen molar-refractivity contribution in [1.82, 2.24) is 4.90 Å². The van der Waals surface area contributed by atoms with Crippen LogP contribution < -0.4 is 9.47 Å². The van der Waals surface area contributed by atoms with Gasteiger partial charge in [0.1, 0.15) is 5.75 Å². The lowest BCUT2D eigenvalue weighted by atomic mass is 9.91. The molecule has 0 fully saturated rings. The molecular weight excluding hydrogens is 318 g/mol. The molecular formula is C20H25NO4. The van der Waals surface area contributed by atoms with Gasteiger partial charge in [0, 0.05) is 20.2 Å². The van der Waals surface area contributed by atoms with Crippen LogP contribution in [0.3, 0.4) is 0 Å². The van der Waals surface area contributed by atoms with Gasteiger partial charge in [0.2, 0.25) is 0 Å². The molecule has 1 atom stereocenters. The highest BCUT2D eigenvalue weighted by Gasteiger charge is 2.28. The molecule has 1 N–H and O–H groups in total. The van der Waals surface area contributed by atoms with Crippen LogP contribution in [0.4, 0.5) is 0 Å². The fourth-order valence-electron chi connectivity index (χ4n) is 3.44. The minimum Gasteiger partial charge on any atom is -0.504 e. The topological polar surface area (TPSA) is 51.2 Å². The van der Waals surface area contributed by atoms with E-state index in [9.17, 15) is 5.11 Å². The Morgan fingerprint density at radius 1 is 1.08 bits per heavy atom. The molecule has 3 rings (SSSR count). The maximum atomic E-state index is 10.2. The van der Waals surface area contributed by atoms with Crippen molar-refractivity contribution in [1.29, 1.82) is 0 Å². The van der Waals surface area contributed by atoms with E-state index in [1.807, 2.05) is 24.3 Å². The number of phenols is 1. The molecule has 5 heteroatoms. The second-order valence-corrected chi connectivity index (χ2v) is 6.26. The number of fused-ring (bicyclic) bond motifs is 1. The van der Waals surface area contributed by atoms with Gasteiger partial charge in [-0.1, -0.05) is 12.1 Å². The average molecular weight is 343 g/mol. The van der Waals surface area contributed by atoms with E-state index in [-0.39, 0.29) is 11.8 Å². The number of aromatic hydroxyl groups is 1. The summed E-state index contributed by atoms with van der Waals surface area (Å²) in [6.45, 7) is 2.33. The first-order valence-electron chi connectivity index (χ1n) is 8.42. The highest BCUT2D eigenvalue weighted by molar-refractivity contribution is 5.48. The number of benzene rings is 2. The summed E-state index contributed by atoms with van der Waals surface area (Å²) in [5, 5.41) is 10.2. The zero-order valence-electron chi connectivity index (χ0n) is 15.0. The van der Waals surface area contributed by atoms with Gasteiger partial charge in [-0.15, -0.1) is 0 Å². The molecule has 1 aliphatic rings. The van der Waals surface area contributed by atoms with E-state index in [1.54, 1.807) is 21.3 Å². The third kappa shape index (κ3) is 3.72. The molecule has 1 aliphatic heterocycles. The first-order valence-corrected chi connectivity index (χ1v) is 8.42. The van der Waals surface area contributed by atoms with E-state index in [1.165, 1.54) is 11.1 Å². The van der Waals surface area contributed by atoms with Crippen LogP contribution in [0, 0.1) is 0 Å². The predicted molar refractivity (Wildman–Crippen MR) is 96.4 cm³/mol. The Bertz CT molecular complexity index is 714. The van der Waals surface area contributed by atoms with Crippen molar-refractivity contribution >= 4 is 0 Å². The number of ether oxygens (including phenoxy) is 3. The van der Waals surface area contributed by atoms with Crippen molar-refractivity contribution in [3.8, 4) is 17.2 Å². The number of phenolic OH excluding ortho intramolecular Hbond substituents is 1. The van der Waals surface area contributed by atoms with E-state index in [0.717, 1.165) is 30.8 Å². The minimum atomic E-state index is 0.104. The standard InChI is InChI=1S/C20H25NO4/c1-23-13-18-17-11-19(22)20(25-3)10-15(17)8-9-21(18)12-14-4-6-16(24-2)7-5-14/h4-7,10-11,18,22H,8-9,12-13H2,1-3H3. The van der Waals surface area contributed by atoms with Gasteiger partial charge in [-0.25, -0.2) is 0 Å². The van der Waals surface area contributed by atoms with Crippen molar-refractivity contribution in [2.45, 2.75) is 19.0 Å². The van der Waals surface area contributed by atoms with E-state index in [4.69, 9.17) is 14.2 Å². The molecule has 2 aromatic carbocycles. The van der Waals surface area contributed by atoms with E-state index in [0.29, 0.717) is 12.4 Å². The van der Waals surface area contributed by atoms with Crippen molar-refractivity contribution < 1.29 is 19.3 Å². The zero-order valence-corrected chi connectivity index (χ0v) is 15.0. The third-order valence-corrected chi connectivity index (χ3v) is 4.78. The Kier molecular flexibility index (Phi) is 5.46. The van der Waals surface area contributed by atoms with Gasteiger partial charge in [-0.05, 0) is 47.4 Å². The minimum absolute atomic E-state index is 0.104. The zero-order chi connectivity index (χ0) is 17.8. The molecule has 0 aromatic heterocycles. The Hall–Kier alpha value is -2.24. The molecule has 134 valence electrons. The predicted octanol–water partition coefficient (Wildman–Crippen LogP) is 3.16. The molecule has 0 radical (unpaired) electrons. The summed E-state index contributed by atoms with van der Waals surface area (Å²) in [4.78, 5) is 2.39. The number of rotatable bonds is 6. The van der Waals surface area contributed by atoms with Crippen LogP contribution in [0.5, 0.6) is 17.2 Å². The molecule has 5 nitrogen and oxygen atoms in total. The lowest BCUT2D eigenvalue weighted by Crippen LogP contribution is -2.37. The Balaban J connectivity index is 1.86. The summed E-state index contributed by atoms with van der Waals surface area (Å²) in [5.74, 6) is 1.56. The molecule has 25 heavy (non-hydrogen) atoms. The fraction of sp³-hybridized carbons (Fsp3) is 0.400. The van der Waals surface area contributed by atoms with Crippen LogP contribution in [0.2, 0.25) is 0 Å². The first kappa shape index (κ1) is 17.6. The summed E-state index contributed by atoms with van der Waals surface area (Å²) in [5.41, 5.74) is 3.55. The van der Waals surface area contributed by atoms with Crippen LogP contribution >= 0.6 is 0 Å². The third-order valence-electron chi connectivity index (χ3n) is 4.78. The number of methoxy groups -OCH3 is 3. The SMILES string of the molecule is COCC1c2cc(O)c(OC)cc2CCN1Cc1ccc(OC)cc1. The van der Waals surface area contributed by atoms with Crippen LogP contribution in [0.15, 0.2) is 36.4 Å². The van der Waals surface area contributed by atoms with Crippen molar-refractivity contribution in [3.63, 3.8) is 0 Å². The first-order chi connectivity index (χ1) is 12.2. The second kappa shape index (κ2) is 7.76. The van der Waals surface area contributed by atoms with Gasteiger partial charge in [0.05, 0.1) is 26.9 Å². The number of nitrogens with zero attached hydrogens (tertiary/aromatic N) is 1. The molecule has 0 spiro atoms. The molecule has 1 unspecified atom stereocenters. The summed E-state index contributed by atoms with van der Waals surface area (Å²) < 4.78 is 15.9. The van der Waals surface area contributed by atoms with E-state index in [2.05, 4.69) is 17.0 Å². The van der Waals surface area contributed by atoms with Gasteiger partial charge >= 0.3 is 0 Å². The quantitative estimate of drug-likeness (QED) is 0.873. The van der Waals surface area contributed by atoms with Crippen LogP contribution in [0.25, 0.3) is 0 Å². The number of hydrogen-bond acceptors (Lipinski definition) is 5. The van der Waals surface area contributed by atoms with E-state index >= 15 is 0 Å². The lowest BCUT2D eigenvalue weighted by molar-refractivity contribution is 0.0778. The summed E-state index contributed by atoms with van der Waals surface area (Å²) in [6, 6.07) is 12.0. The van der Waals surface area contributed by atoms with Gasteiger partial charge in [0.25, 0.3) is 0 Å². The van der Waals surface area contributed by atoms with Crippen LogP contribution in [-0.4, -0.2) is 44.5 Å². The summed E-state index contributed by atoms with van der Waals surface area (Å²) in [7, 11) is 4.96. The van der Waals surface area contributed by atoms with Crippen LogP contribution in [0.1, 0.15) is 22.7 Å². The fourth-order valence-corrected chi connectivity index (χ4v) is 3.44. The van der Waals surface area contributed by atoms with Gasteiger partial charge in [-0.2, -0.15) is 0 Å². The van der Waals surface area contributed by atoms with Gasteiger partial charge in [-0.3, -0.25) is 4.90 Å². The molecule has 0 saturated carbocycles. The monoisotopic (exact) mass is 343 g/mol. The smallest absolute Gasteiger partial charge is 0.160 e. The molecule has 0 amide bonds. The lowest BCUT2D eigenvalue weighted by Gasteiger charge is -2.37. The molecule has 2 aromatic rings. The molecule has 0 saturated heterocycles. The highest BCUT2D eigenvalue weighted by atomic mass is 16.5. The maximum absolute atomic E-state index is 10.2. The van der Waals surface area contributed by atoms with Crippen molar-refractivity contribution in [2.75, 3.05) is 34.5 Å². The largest absolute Gasteiger partial charge is 0.504 e. The van der Waals surface area contributed by atoms with Crippen molar-refractivity contribution in [3.05, 3.63) is 53.1 Å². The summed E-state index contributed by atoms with van der Waals surface area (Å²) >= 11 is 0. The molecule has 1 heterocycles. The van der Waals surface area contributed by atoms with Crippen molar-refractivity contribution in [2.24, 2.45) is 0 Å². The highest BCUT2D eigenvalue weighted by Crippen LogP contribution is 2.38.